The third kappa shape index (κ3) is 4.39. The number of benzene rings is 1. The van der Waals surface area contributed by atoms with Crippen molar-refractivity contribution in [3.8, 4) is 0 Å². The van der Waals surface area contributed by atoms with Gasteiger partial charge < -0.3 is 11.1 Å². The standard InChI is InChI=1S/C18H26N2O.ClH/c19-15-8-6-13(7-9-15)10-11-20-18(21)17-12-16(17)14-4-2-1-3-5-14;/h6-9,14,16-17H,1-5,10-12,19H2,(H,20,21);1H. The van der Waals surface area contributed by atoms with Gasteiger partial charge in [-0.15, -0.1) is 12.4 Å². The van der Waals surface area contributed by atoms with Crippen molar-refractivity contribution >= 4 is 24.0 Å². The molecule has 0 heterocycles. The molecule has 0 radical (unpaired) electrons. The highest BCUT2D eigenvalue weighted by molar-refractivity contribution is 5.85. The number of halogens is 1. The lowest BCUT2D eigenvalue weighted by molar-refractivity contribution is -0.122. The Balaban J connectivity index is 0.00000176. The summed E-state index contributed by atoms with van der Waals surface area (Å²) < 4.78 is 0. The van der Waals surface area contributed by atoms with Gasteiger partial charge in [-0.25, -0.2) is 0 Å². The van der Waals surface area contributed by atoms with Gasteiger partial charge in [0, 0.05) is 18.2 Å². The van der Waals surface area contributed by atoms with Crippen molar-refractivity contribution in [2.45, 2.75) is 44.9 Å². The minimum atomic E-state index is 0. The molecule has 2 aliphatic rings. The molecule has 0 aliphatic heterocycles. The smallest absolute Gasteiger partial charge is 0.223 e. The van der Waals surface area contributed by atoms with Gasteiger partial charge in [-0.05, 0) is 42.4 Å². The van der Waals surface area contributed by atoms with Crippen LogP contribution in [0.1, 0.15) is 44.1 Å². The van der Waals surface area contributed by atoms with Gasteiger partial charge in [0.25, 0.3) is 0 Å². The Kier molecular flexibility index (Phi) is 6.13. The monoisotopic (exact) mass is 322 g/mol. The minimum absolute atomic E-state index is 0. The van der Waals surface area contributed by atoms with E-state index in [-0.39, 0.29) is 18.3 Å². The molecule has 2 fully saturated rings. The maximum absolute atomic E-state index is 12.2. The van der Waals surface area contributed by atoms with Crippen molar-refractivity contribution < 1.29 is 4.79 Å². The van der Waals surface area contributed by atoms with Crippen LogP contribution in [-0.2, 0) is 11.2 Å². The van der Waals surface area contributed by atoms with Gasteiger partial charge in [0.1, 0.15) is 0 Å². The van der Waals surface area contributed by atoms with Gasteiger partial charge in [-0.1, -0.05) is 44.2 Å². The highest BCUT2D eigenvalue weighted by Crippen LogP contribution is 2.49. The molecule has 2 saturated carbocycles. The first-order valence-corrected chi connectivity index (χ1v) is 8.36. The molecule has 2 atom stereocenters. The fraction of sp³-hybridized carbons (Fsp3) is 0.611. The van der Waals surface area contributed by atoms with Crippen molar-refractivity contribution in [1.29, 1.82) is 0 Å². The Morgan fingerprint density at radius 3 is 2.50 bits per heavy atom. The van der Waals surface area contributed by atoms with E-state index in [4.69, 9.17) is 5.73 Å². The van der Waals surface area contributed by atoms with Crippen LogP contribution in [0, 0.1) is 17.8 Å². The second-order valence-electron chi connectivity index (χ2n) is 6.69. The Morgan fingerprint density at radius 1 is 1.14 bits per heavy atom. The maximum atomic E-state index is 12.2. The molecule has 0 aromatic heterocycles. The van der Waals surface area contributed by atoms with Crippen molar-refractivity contribution in [3.05, 3.63) is 29.8 Å². The molecular weight excluding hydrogens is 296 g/mol. The van der Waals surface area contributed by atoms with Gasteiger partial charge >= 0.3 is 0 Å². The van der Waals surface area contributed by atoms with Crippen LogP contribution in [0.3, 0.4) is 0 Å². The number of carbonyl (C=O) groups is 1. The third-order valence-corrected chi connectivity index (χ3v) is 5.12. The van der Waals surface area contributed by atoms with Crippen LogP contribution in [0.25, 0.3) is 0 Å². The van der Waals surface area contributed by atoms with Crippen LogP contribution < -0.4 is 11.1 Å². The topological polar surface area (TPSA) is 55.1 Å². The maximum Gasteiger partial charge on any atom is 0.223 e. The van der Waals surface area contributed by atoms with Crippen molar-refractivity contribution in [3.63, 3.8) is 0 Å². The SMILES string of the molecule is Cl.Nc1ccc(CCNC(=O)C2CC2C2CCCCC2)cc1. The number of carbonyl (C=O) groups excluding carboxylic acids is 1. The van der Waals surface area contributed by atoms with E-state index < -0.39 is 0 Å². The largest absolute Gasteiger partial charge is 0.399 e. The normalized spacial score (nSPS) is 24.4. The van der Waals surface area contributed by atoms with E-state index in [1.165, 1.54) is 37.7 Å². The number of nitrogens with two attached hydrogens (primary N) is 1. The highest BCUT2D eigenvalue weighted by atomic mass is 35.5. The van der Waals surface area contributed by atoms with Gasteiger partial charge in [-0.3, -0.25) is 4.79 Å². The fourth-order valence-corrected chi connectivity index (χ4v) is 3.74. The van der Waals surface area contributed by atoms with Crippen LogP contribution >= 0.6 is 12.4 Å². The number of hydrogen-bond acceptors (Lipinski definition) is 2. The van der Waals surface area contributed by atoms with E-state index in [0.717, 1.165) is 31.0 Å². The molecule has 0 spiro atoms. The van der Waals surface area contributed by atoms with Gasteiger partial charge in [-0.2, -0.15) is 0 Å². The van der Waals surface area contributed by atoms with E-state index in [1.54, 1.807) is 0 Å². The van der Waals surface area contributed by atoms with Gasteiger partial charge in [0.05, 0.1) is 0 Å². The van der Waals surface area contributed by atoms with E-state index in [0.29, 0.717) is 11.8 Å². The molecule has 122 valence electrons. The zero-order chi connectivity index (χ0) is 14.7. The summed E-state index contributed by atoms with van der Waals surface area (Å²) in [6.07, 6.45) is 8.83. The number of nitrogens with one attached hydrogen (secondary N) is 1. The molecule has 1 aromatic carbocycles. The van der Waals surface area contributed by atoms with Gasteiger partial charge in [0.2, 0.25) is 5.91 Å². The van der Waals surface area contributed by atoms with E-state index in [2.05, 4.69) is 5.32 Å². The molecular formula is C18H27ClN2O. The number of hydrogen-bond donors (Lipinski definition) is 2. The van der Waals surface area contributed by atoms with E-state index in [9.17, 15) is 4.79 Å². The summed E-state index contributed by atoms with van der Waals surface area (Å²) in [5.41, 5.74) is 7.68. The van der Waals surface area contributed by atoms with E-state index in [1.807, 2.05) is 24.3 Å². The molecule has 3 N–H and O–H groups in total. The Hall–Kier alpha value is -1.22. The summed E-state index contributed by atoms with van der Waals surface area (Å²) in [5.74, 6) is 2.09. The Morgan fingerprint density at radius 2 is 1.82 bits per heavy atom. The summed E-state index contributed by atoms with van der Waals surface area (Å²) >= 11 is 0. The lowest BCUT2D eigenvalue weighted by atomic mass is 9.85. The van der Waals surface area contributed by atoms with Crippen molar-refractivity contribution in [2.75, 3.05) is 12.3 Å². The molecule has 0 saturated heterocycles. The fourth-order valence-electron chi connectivity index (χ4n) is 3.74. The Labute approximate surface area is 139 Å². The molecule has 4 heteroatoms. The zero-order valence-corrected chi connectivity index (χ0v) is 13.9. The third-order valence-electron chi connectivity index (χ3n) is 5.12. The summed E-state index contributed by atoms with van der Waals surface area (Å²) in [6.45, 7) is 0.733. The van der Waals surface area contributed by atoms with Crippen LogP contribution in [-0.4, -0.2) is 12.5 Å². The number of amides is 1. The van der Waals surface area contributed by atoms with Gasteiger partial charge in [0.15, 0.2) is 0 Å². The molecule has 1 aromatic rings. The number of nitrogen functional groups attached to an aromatic ring is 1. The average molecular weight is 323 g/mol. The average Bonchev–Trinajstić information content (AvgIpc) is 3.31. The molecule has 2 unspecified atom stereocenters. The van der Waals surface area contributed by atoms with Crippen LogP contribution in [0.2, 0.25) is 0 Å². The van der Waals surface area contributed by atoms with Crippen molar-refractivity contribution in [1.82, 2.24) is 5.32 Å². The molecule has 3 nitrogen and oxygen atoms in total. The predicted octanol–water partition coefficient (Wildman–Crippen LogP) is 3.57. The number of rotatable bonds is 5. The van der Waals surface area contributed by atoms with Crippen LogP contribution in [0.15, 0.2) is 24.3 Å². The first-order chi connectivity index (χ1) is 10.2. The molecule has 0 bridgehead atoms. The number of anilines is 1. The predicted molar refractivity (Wildman–Crippen MR) is 93.0 cm³/mol. The lowest BCUT2D eigenvalue weighted by Crippen LogP contribution is -2.28. The van der Waals surface area contributed by atoms with Crippen molar-refractivity contribution in [2.24, 2.45) is 17.8 Å². The second kappa shape index (κ2) is 7.87. The summed E-state index contributed by atoms with van der Waals surface area (Å²) in [5, 5.41) is 3.11. The summed E-state index contributed by atoms with van der Waals surface area (Å²) in [4.78, 5) is 12.2. The lowest BCUT2D eigenvalue weighted by Gasteiger charge is -2.21. The minimum Gasteiger partial charge on any atom is -0.399 e. The quantitative estimate of drug-likeness (QED) is 0.814. The summed E-state index contributed by atoms with van der Waals surface area (Å²) in [7, 11) is 0. The molecule has 1 amide bonds. The Bertz CT molecular complexity index is 482. The first kappa shape index (κ1) is 17.1. The molecule has 22 heavy (non-hydrogen) atoms. The zero-order valence-electron chi connectivity index (χ0n) is 13.1. The second-order valence-corrected chi connectivity index (χ2v) is 6.69. The van der Waals surface area contributed by atoms with Crippen LogP contribution in [0.4, 0.5) is 5.69 Å². The first-order valence-electron chi connectivity index (χ1n) is 8.36. The summed E-state index contributed by atoms with van der Waals surface area (Å²) in [6, 6.07) is 7.89. The molecule has 3 rings (SSSR count). The van der Waals surface area contributed by atoms with E-state index >= 15 is 0 Å². The van der Waals surface area contributed by atoms with Crippen LogP contribution in [0.5, 0.6) is 0 Å². The highest BCUT2D eigenvalue weighted by Gasteiger charge is 2.47. The molecule has 2 aliphatic carbocycles.